The van der Waals surface area contributed by atoms with E-state index in [1.807, 2.05) is 0 Å². The number of hydrogen-bond donors (Lipinski definition) is 1. The van der Waals surface area contributed by atoms with E-state index in [2.05, 4.69) is 52.0 Å². The van der Waals surface area contributed by atoms with Crippen molar-refractivity contribution in [2.45, 2.75) is 71.3 Å². The second-order valence-corrected chi connectivity index (χ2v) is 7.48. The summed E-state index contributed by atoms with van der Waals surface area (Å²) in [5.41, 5.74) is 1.89. The molecule has 1 aliphatic rings. The largest absolute Gasteiger partial charge is 0.385 e. The lowest BCUT2D eigenvalue weighted by Crippen LogP contribution is -2.29. The monoisotopic (exact) mass is 274 g/mol. The predicted octanol–water partition coefficient (Wildman–Crippen LogP) is 5.23. The molecule has 1 heteroatoms. The van der Waals surface area contributed by atoms with Crippen LogP contribution < -0.4 is 0 Å². The molecule has 1 nitrogen and oxygen atoms in total. The van der Waals surface area contributed by atoms with Crippen LogP contribution in [0.25, 0.3) is 0 Å². The number of aliphatic hydroxyl groups is 1. The topological polar surface area (TPSA) is 20.2 Å². The van der Waals surface area contributed by atoms with Crippen molar-refractivity contribution >= 4 is 0 Å². The van der Waals surface area contributed by atoms with Gasteiger partial charge in [-0.15, -0.1) is 0 Å². The summed E-state index contributed by atoms with van der Waals surface area (Å²) in [6.07, 6.45) is 5.72. The summed E-state index contributed by atoms with van der Waals surface area (Å²) in [4.78, 5) is 0. The van der Waals surface area contributed by atoms with Crippen LogP contribution in [0.4, 0.5) is 0 Å². The normalized spacial score (nSPS) is 16.8. The quantitative estimate of drug-likeness (QED) is 0.752. The average Bonchev–Trinajstić information content (AvgIpc) is 2.25. The smallest absolute Gasteiger partial charge is 0.0901 e. The molecule has 0 radical (unpaired) electrons. The van der Waals surface area contributed by atoms with Crippen molar-refractivity contribution < 1.29 is 5.11 Å². The molecule has 0 atom stereocenters. The van der Waals surface area contributed by atoms with Gasteiger partial charge in [0.25, 0.3) is 0 Å². The van der Waals surface area contributed by atoms with Gasteiger partial charge < -0.3 is 5.11 Å². The van der Waals surface area contributed by atoms with E-state index in [0.29, 0.717) is 11.8 Å². The van der Waals surface area contributed by atoms with Gasteiger partial charge in [0.15, 0.2) is 0 Å². The van der Waals surface area contributed by atoms with Crippen LogP contribution >= 0.6 is 0 Å². The van der Waals surface area contributed by atoms with Gasteiger partial charge in [0.2, 0.25) is 0 Å². The molecule has 1 N–H and O–H groups in total. The summed E-state index contributed by atoms with van der Waals surface area (Å²) in [5, 5.41) is 11.1. The maximum absolute atomic E-state index is 11.1. The molecule has 0 saturated heterocycles. The van der Waals surface area contributed by atoms with E-state index in [9.17, 15) is 5.11 Å². The molecule has 1 saturated carbocycles. The highest BCUT2D eigenvalue weighted by molar-refractivity contribution is 5.30. The summed E-state index contributed by atoms with van der Waals surface area (Å²) >= 11 is 0. The van der Waals surface area contributed by atoms with E-state index >= 15 is 0 Å². The highest BCUT2D eigenvalue weighted by Gasteiger charge is 2.31. The third-order valence-electron chi connectivity index (χ3n) is 4.52. The van der Waals surface area contributed by atoms with Crippen LogP contribution in [-0.2, 0) is 5.60 Å². The molecule has 0 unspecified atom stereocenters. The Bertz CT molecular complexity index is 402. The fraction of sp³-hybridized carbons (Fsp3) is 0.684. The SMILES string of the molecule is CC(C)CC(O)(CC(C)C)c1ccc(C2CCC2)cc1. The molecule has 1 aromatic rings. The Morgan fingerprint density at radius 2 is 1.50 bits per heavy atom. The van der Waals surface area contributed by atoms with Crippen molar-refractivity contribution in [3.05, 3.63) is 35.4 Å². The van der Waals surface area contributed by atoms with E-state index in [1.165, 1.54) is 24.8 Å². The molecule has 0 spiro atoms. The van der Waals surface area contributed by atoms with Crippen LogP contribution in [0.1, 0.15) is 76.8 Å². The predicted molar refractivity (Wildman–Crippen MR) is 85.8 cm³/mol. The Morgan fingerprint density at radius 3 is 1.85 bits per heavy atom. The van der Waals surface area contributed by atoms with E-state index in [4.69, 9.17) is 0 Å². The van der Waals surface area contributed by atoms with Crippen molar-refractivity contribution in [1.82, 2.24) is 0 Å². The van der Waals surface area contributed by atoms with Crippen LogP contribution in [-0.4, -0.2) is 5.11 Å². The Hall–Kier alpha value is -0.820. The standard InChI is InChI=1S/C19H30O/c1-14(2)12-19(20,13-15(3)4)18-10-8-17(9-11-18)16-6-5-7-16/h8-11,14-16,20H,5-7,12-13H2,1-4H3. The van der Waals surface area contributed by atoms with Crippen molar-refractivity contribution in [1.29, 1.82) is 0 Å². The molecule has 0 aromatic heterocycles. The van der Waals surface area contributed by atoms with Crippen molar-refractivity contribution in [2.75, 3.05) is 0 Å². The molecule has 0 bridgehead atoms. The summed E-state index contributed by atoms with van der Waals surface area (Å²) < 4.78 is 0. The van der Waals surface area contributed by atoms with E-state index in [0.717, 1.165) is 24.3 Å². The zero-order valence-electron chi connectivity index (χ0n) is 13.5. The van der Waals surface area contributed by atoms with E-state index in [-0.39, 0.29) is 0 Å². The third kappa shape index (κ3) is 3.63. The van der Waals surface area contributed by atoms with Gasteiger partial charge in [0.1, 0.15) is 0 Å². The fourth-order valence-electron chi connectivity index (χ4n) is 3.48. The highest BCUT2D eigenvalue weighted by Crippen LogP contribution is 2.39. The van der Waals surface area contributed by atoms with Crippen LogP contribution in [0.3, 0.4) is 0 Å². The molecule has 0 amide bonds. The zero-order valence-corrected chi connectivity index (χ0v) is 13.5. The molecule has 0 aliphatic heterocycles. The first-order valence-electron chi connectivity index (χ1n) is 8.23. The van der Waals surface area contributed by atoms with Gasteiger partial charge in [-0.25, -0.2) is 0 Å². The van der Waals surface area contributed by atoms with E-state index < -0.39 is 5.60 Å². The molecule has 112 valence electrons. The minimum atomic E-state index is -0.666. The van der Waals surface area contributed by atoms with E-state index in [1.54, 1.807) is 0 Å². The number of rotatable bonds is 6. The zero-order chi connectivity index (χ0) is 14.8. The first-order valence-corrected chi connectivity index (χ1v) is 8.23. The lowest BCUT2D eigenvalue weighted by molar-refractivity contribution is -0.00452. The van der Waals surface area contributed by atoms with Crippen LogP contribution in [0.15, 0.2) is 24.3 Å². The second kappa shape index (κ2) is 6.30. The summed E-state index contributed by atoms with van der Waals surface area (Å²) in [6.45, 7) is 8.75. The van der Waals surface area contributed by atoms with Gasteiger partial charge in [-0.05, 0) is 54.6 Å². The van der Waals surface area contributed by atoms with Crippen LogP contribution in [0.5, 0.6) is 0 Å². The van der Waals surface area contributed by atoms with Crippen LogP contribution in [0, 0.1) is 11.8 Å². The van der Waals surface area contributed by atoms with Crippen LogP contribution in [0.2, 0.25) is 0 Å². The molecule has 1 aromatic carbocycles. The maximum atomic E-state index is 11.1. The van der Waals surface area contributed by atoms with Crippen molar-refractivity contribution in [3.63, 3.8) is 0 Å². The van der Waals surface area contributed by atoms with Gasteiger partial charge in [-0.1, -0.05) is 58.4 Å². The van der Waals surface area contributed by atoms with Gasteiger partial charge in [0, 0.05) is 0 Å². The van der Waals surface area contributed by atoms with Gasteiger partial charge in [-0.3, -0.25) is 0 Å². The minimum Gasteiger partial charge on any atom is -0.385 e. The van der Waals surface area contributed by atoms with Gasteiger partial charge in [-0.2, -0.15) is 0 Å². The van der Waals surface area contributed by atoms with Crippen molar-refractivity contribution in [3.8, 4) is 0 Å². The second-order valence-electron chi connectivity index (χ2n) is 7.48. The Kier molecular flexibility index (Phi) is 4.90. The minimum absolute atomic E-state index is 0.505. The Labute approximate surface area is 124 Å². The molecule has 20 heavy (non-hydrogen) atoms. The Balaban J connectivity index is 2.18. The first-order chi connectivity index (χ1) is 9.40. The average molecular weight is 274 g/mol. The highest BCUT2D eigenvalue weighted by atomic mass is 16.3. The summed E-state index contributed by atoms with van der Waals surface area (Å²) in [7, 11) is 0. The fourth-order valence-corrected chi connectivity index (χ4v) is 3.48. The lowest BCUT2D eigenvalue weighted by atomic mass is 9.77. The number of benzene rings is 1. The van der Waals surface area contributed by atoms with Crippen molar-refractivity contribution in [2.24, 2.45) is 11.8 Å². The van der Waals surface area contributed by atoms with Gasteiger partial charge in [0.05, 0.1) is 5.60 Å². The number of hydrogen-bond acceptors (Lipinski definition) is 1. The molecule has 1 aliphatic carbocycles. The molecule has 1 fully saturated rings. The third-order valence-corrected chi connectivity index (χ3v) is 4.52. The molecule has 2 rings (SSSR count). The molecule has 0 heterocycles. The van der Waals surface area contributed by atoms with Gasteiger partial charge >= 0.3 is 0 Å². The molecular formula is C19H30O. The molecular weight excluding hydrogens is 244 g/mol. The lowest BCUT2D eigenvalue weighted by Gasteiger charge is -2.33. The Morgan fingerprint density at radius 1 is 1.00 bits per heavy atom. The maximum Gasteiger partial charge on any atom is 0.0901 e. The summed E-state index contributed by atoms with van der Waals surface area (Å²) in [6, 6.07) is 8.81. The summed E-state index contributed by atoms with van der Waals surface area (Å²) in [5.74, 6) is 1.78. The first kappa shape index (κ1) is 15.6.